The first-order chi connectivity index (χ1) is 8.15. The highest BCUT2D eigenvalue weighted by molar-refractivity contribution is 6.30. The average Bonchev–Trinajstić information content (AvgIpc) is 2.77. The van der Waals surface area contributed by atoms with Crippen LogP contribution >= 0.6 is 11.6 Å². The summed E-state index contributed by atoms with van der Waals surface area (Å²) in [5.41, 5.74) is 1.08. The molecule has 0 radical (unpaired) electrons. The molecular weight excluding hydrogens is 234 g/mol. The van der Waals surface area contributed by atoms with Crippen molar-refractivity contribution in [2.24, 2.45) is 5.92 Å². The molecule has 0 bridgehead atoms. The molecular formula is C13H20ClN3. The quantitative estimate of drug-likeness (QED) is 0.774. The molecule has 17 heavy (non-hydrogen) atoms. The van der Waals surface area contributed by atoms with E-state index >= 15 is 0 Å². The van der Waals surface area contributed by atoms with Gasteiger partial charge in [0.1, 0.15) is 17.3 Å². The smallest absolute Gasteiger partial charge is 0.137 e. The Kier molecular flexibility index (Phi) is 3.87. The zero-order chi connectivity index (χ0) is 12.4. The third kappa shape index (κ3) is 2.39. The highest BCUT2D eigenvalue weighted by Gasteiger charge is 2.29. The van der Waals surface area contributed by atoms with E-state index in [1.54, 1.807) is 6.33 Å². The summed E-state index contributed by atoms with van der Waals surface area (Å²) in [6, 6.07) is 0.589. The van der Waals surface area contributed by atoms with Crippen molar-refractivity contribution in [2.75, 3.05) is 11.4 Å². The molecule has 3 nitrogen and oxygen atoms in total. The Morgan fingerprint density at radius 3 is 2.88 bits per heavy atom. The predicted octanol–water partition coefficient (Wildman–Crippen LogP) is 3.32. The van der Waals surface area contributed by atoms with Gasteiger partial charge in [-0.25, -0.2) is 9.97 Å². The molecule has 0 amide bonds. The summed E-state index contributed by atoms with van der Waals surface area (Å²) in [4.78, 5) is 10.9. The third-order valence-electron chi connectivity index (χ3n) is 3.56. The highest BCUT2D eigenvalue weighted by Crippen LogP contribution is 2.32. The van der Waals surface area contributed by atoms with Crippen LogP contribution < -0.4 is 4.90 Å². The van der Waals surface area contributed by atoms with E-state index in [0.717, 1.165) is 24.3 Å². The summed E-state index contributed by atoms with van der Waals surface area (Å²) in [6.07, 6.45) is 4.96. The molecule has 0 saturated carbocycles. The fourth-order valence-electron chi connectivity index (χ4n) is 2.68. The van der Waals surface area contributed by atoms with E-state index in [2.05, 4.69) is 35.6 Å². The molecule has 4 heteroatoms. The van der Waals surface area contributed by atoms with Gasteiger partial charge in [-0.2, -0.15) is 0 Å². The summed E-state index contributed by atoms with van der Waals surface area (Å²) in [5.74, 6) is 1.69. The molecule has 0 N–H and O–H groups in total. The van der Waals surface area contributed by atoms with Crippen molar-refractivity contribution in [3.63, 3.8) is 0 Å². The van der Waals surface area contributed by atoms with Gasteiger partial charge in [0.25, 0.3) is 0 Å². The lowest BCUT2D eigenvalue weighted by molar-refractivity contribution is 0.488. The molecule has 1 aromatic heterocycles. The Labute approximate surface area is 108 Å². The minimum atomic E-state index is 0.589. The van der Waals surface area contributed by atoms with Crippen molar-refractivity contribution in [2.45, 2.75) is 46.1 Å². The fraction of sp³-hybridized carbons (Fsp3) is 0.692. The van der Waals surface area contributed by atoms with E-state index < -0.39 is 0 Å². The van der Waals surface area contributed by atoms with E-state index in [1.807, 2.05) is 0 Å². The first-order valence-electron chi connectivity index (χ1n) is 6.41. The Morgan fingerprint density at radius 2 is 2.24 bits per heavy atom. The van der Waals surface area contributed by atoms with Gasteiger partial charge in [0.15, 0.2) is 0 Å². The normalized spacial score (nSPS) is 20.3. The van der Waals surface area contributed by atoms with Crippen LogP contribution in [0.15, 0.2) is 6.33 Å². The van der Waals surface area contributed by atoms with Gasteiger partial charge in [-0.05, 0) is 25.2 Å². The number of anilines is 1. The van der Waals surface area contributed by atoms with Crippen LogP contribution in [0.25, 0.3) is 0 Å². The summed E-state index contributed by atoms with van der Waals surface area (Å²) in [7, 11) is 0. The molecule has 2 heterocycles. The number of rotatable bonds is 3. The van der Waals surface area contributed by atoms with E-state index in [9.17, 15) is 0 Å². The van der Waals surface area contributed by atoms with Gasteiger partial charge in [-0.15, -0.1) is 0 Å². The number of hydrogen-bond donors (Lipinski definition) is 0. The molecule has 94 valence electrons. The lowest BCUT2D eigenvalue weighted by Gasteiger charge is -2.30. The van der Waals surface area contributed by atoms with Crippen molar-refractivity contribution in [1.29, 1.82) is 0 Å². The largest absolute Gasteiger partial charge is 0.353 e. The zero-order valence-corrected chi connectivity index (χ0v) is 11.5. The van der Waals surface area contributed by atoms with Crippen LogP contribution in [0.4, 0.5) is 5.82 Å². The maximum absolute atomic E-state index is 6.16. The van der Waals surface area contributed by atoms with Crippen LogP contribution in [0, 0.1) is 5.92 Å². The second-order valence-electron chi connectivity index (χ2n) is 4.97. The van der Waals surface area contributed by atoms with Crippen molar-refractivity contribution < 1.29 is 0 Å². The maximum atomic E-state index is 6.16. The van der Waals surface area contributed by atoms with Crippen LogP contribution in [-0.2, 0) is 6.42 Å². The van der Waals surface area contributed by atoms with Crippen molar-refractivity contribution in [1.82, 2.24) is 9.97 Å². The van der Waals surface area contributed by atoms with Gasteiger partial charge in [0, 0.05) is 18.2 Å². The second kappa shape index (κ2) is 5.21. The average molecular weight is 254 g/mol. The molecule has 1 aliphatic heterocycles. The number of hydrogen-bond acceptors (Lipinski definition) is 3. The number of nitrogens with zero attached hydrogens (tertiary/aromatic N) is 3. The molecule has 0 spiro atoms. The van der Waals surface area contributed by atoms with Crippen LogP contribution in [0.1, 0.15) is 39.2 Å². The van der Waals surface area contributed by atoms with E-state index in [1.165, 1.54) is 12.8 Å². The lowest BCUT2D eigenvalue weighted by Crippen LogP contribution is -2.34. The van der Waals surface area contributed by atoms with Crippen molar-refractivity contribution >= 4 is 17.4 Å². The minimum absolute atomic E-state index is 0.589. The monoisotopic (exact) mass is 253 g/mol. The first-order valence-corrected chi connectivity index (χ1v) is 6.79. The number of aromatic nitrogens is 2. The Morgan fingerprint density at radius 1 is 1.47 bits per heavy atom. The van der Waals surface area contributed by atoms with Crippen LogP contribution in [-0.4, -0.2) is 22.6 Å². The Bertz CT molecular complexity index is 392. The van der Waals surface area contributed by atoms with Gasteiger partial charge < -0.3 is 4.90 Å². The number of halogens is 1. The van der Waals surface area contributed by atoms with Crippen molar-refractivity contribution in [3.05, 3.63) is 17.0 Å². The lowest BCUT2D eigenvalue weighted by atomic mass is 10.0. The summed E-state index contributed by atoms with van der Waals surface area (Å²) in [6.45, 7) is 7.74. The first kappa shape index (κ1) is 12.6. The third-order valence-corrected chi connectivity index (χ3v) is 3.89. The maximum Gasteiger partial charge on any atom is 0.137 e. The summed E-state index contributed by atoms with van der Waals surface area (Å²) >= 11 is 6.16. The van der Waals surface area contributed by atoms with Crippen LogP contribution in [0.5, 0.6) is 0 Å². The molecule has 1 saturated heterocycles. The van der Waals surface area contributed by atoms with Gasteiger partial charge >= 0.3 is 0 Å². The summed E-state index contributed by atoms with van der Waals surface area (Å²) in [5, 5.41) is 0.604. The predicted molar refractivity (Wildman–Crippen MR) is 71.6 cm³/mol. The van der Waals surface area contributed by atoms with Gasteiger partial charge in [-0.1, -0.05) is 32.4 Å². The molecule has 0 aromatic carbocycles. The Balaban J connectivity index is 2.36. The van der Waals surface area contributed by atoms with E-state index in [4.69, 9.17) is 11.6 Å². The molecule has 2 rings (SSSR count). The second-order valence-corrected chi connectivity index (χ2v) is 5.33. The molecule has 1 fully saturated rings. The van der Waals surface area contributed by atoms with Crippen LogP contribution in [0.3, 0.4) is 0 Å². The molecule has 1 aliphatic rings. The topological polar surface area (TPSA) is 29.0 Å². The van der Waals surface area contributed by atoms with Gasteiger partial charge in [-0.3, -0.25) is 0 Å². The molecule has 0 aliphatic carbocycles. The van der Waals surface area contributed by atoms with Gasteiger partial charge in [0.05, 0.1) is 0 Å². The van der Waals surface area contributed by atoms with E-state index in [0.29, 0.717) is 17.1 Å². The molecule has 1 aromatic rings. The van der Waals surface area contributed by atoms with Gasteiger partial charge in [0.2, 0.25) is 0 Å². The van der Waals surface area contributed by atoms with Crippen LogP contribution in [0.2, 0.25) is 5.15 Å². The van der Waals surface area contributed by atoms with E-state index in [-0.39, 0.29) is 0 Å². The zero-order valence-electron chi connectivity index (χ0n) is 10.8. The SMILES string of the molecule is CCc1c(Cl)ncnc1N1CCCC1C(C)C. The van der Waals surface area contributed by atoms with Crippen molar-refractivity contribution in [3.8, 4) is 0 Å². The molecule has 1 unspecified atom stereocenters. The molecule has 1 atom stereocenters. The highest BCUT2D eigenvalue weighted by atomic mass is 35.5. The fourth-order valence-corrected chi connectivity index (χ4v) is 2.94. The minimum Gasteiger partial charge on any atom is -0.353 e. The standard InChI is InChI=1S/C13H20ClN3/c1-4-10-12(14)15-8-16-13(10)17-7-5-6-11(17)9(2)3/h8-9,11H,4-7H2,1-3H3. The Hall–Kier alpha value is -0.830. The summed E-state index contributed by atoms with van der Waals surface area (Å²) < 4.78 is 0.